The van der Waals surface area contributed by atoms with Crippen LogP contribution in [0, 0.1) is 0 Å². The van der Waals surface area contributed by atoms with Crippen LogP contribution in [0.15, 0.2) is 84.9 Å². The Bertz CT molecular complexity index is 1290. The highest BCUT2D eigenvalue weighted by molar-refractivity contribution is 5.88. The lowest BCUT2D eigenvalue weighted by Gasteiger charge is -2.40. The van der Waals surface area contributed by atoms with Crippen molar-refractivity contribution < 1.29 is 0 Å². The summed E-state index contributed by atoms with van der Waals surface area (Å²) in [6.45, 7) is 1.88. The van der Waals surface area contributed by atoms with Crippen molar-refractivity contribution in [1.82, 2.24) is 9.80 Å². The van der Waals surface area contributed by atoms with Crippen molar-refractivity contribution >= 4 is 0 Å². The molecule has 0 N–H and O–H groups in total. The first-order valence-electron chi connectivity index (χ1n) is 12.2. The maximum Gasteiger partial charge on any atom is 0.0719 e. The number of fused-ring (bicyclic) bond motifs is 9. The number of benzene rings is 4. The van der Waals surface area contributed by atoms with Gasteiger partial charge in [-0.15, -0.1) is 0 Å². The number of rotatable bonds is 4. The van der Waals surface area contributed by atoms with Gasteiger partial charge < -0.3 is 9.80 Å². The third kappa shape index (κ3) is 3.10. The van der Waals surface area contributed by atoms with Crippen LogP contribution >= 0.6 is 0 Å². The van der Waals surface area contributed by atoms with E-state index in [1.54, 1.807) is 0 Å². The molecule has 2 heteroatoms. The average molecular weight is 445 g/mol. The Kier molecular flexibility index (Phi) is 4.98. The lowest BCUT2D eigenvalue weighted by atomic mass is 9.61. The van der Waals surface area contributed by atoms with Crippen LogP contribution in [0.1, 0.15) is 44.5 Å². The molecule has 0 aliphatic heterocycles. The molecule has 4 aromatic carbocycles. The van der Waals surface area contributed by atoms with Crippen molar-refractivity contribution in [1.29, 1.82) is 0 Å². The molecule has 0 bridgehead atoms. The molecule has 2 aliphatic carbocycles. The highest BCUT2D eigenvalue weighted by Crippen LogP contribution is 2.59. The van der Waals surface area contributed by atoms with E-state index in [1.807, 2.05) is 0 Å². The molecule has 0 heterocycles. The summed E-state index contributed by atoms with van der Waals surface area (Å²) in [5, 5.41) is 0. The molecule has 0 saturated carbocycles. The lowest BCUT2D eigenvalue weighted by Crippen LogP contribution is -2.34. The molecular weight excluding hydrogens is 412 g/mol. The van der Waals surface area contributed by atoms with Gasteiger partial charge in [0.05, 0.1) is 5.41 Å². The highest BCUT2D eigenvalue weighted by atomic mass is 15.1. The third-order valence-corrected chi connectivity index (χ3v) is 7.49. The predicted molar refractivity (Wildman–Crippen MR) is 141 cm³/mol. The normalized spacial score (nSPS) is 14.8. The maximum absolute atomic E-state index is 2.49. The Labute approximate surface area is 203 Å². The molecule has 0 atom stereocenters. The first-order valence-corrected chi connectivity index (χ1v) is 12.2. The summed E-state index contributed by atoms with van der Waals surface area (Å²) >= 11 is 0. The summed E-state index contributed by atoms with van der Waals surface area (Å²) in [5.41, 5.74) is 13.8. The van der Waals surface area contributed by atoms with Gasteiger partial charge in [-0.05, 0) is 90.2 Å². The molecule has 0 amide bonds. The van der Waals surface area contributed by atoms with Crippen LogP contribution in [-0.2, 0) is 24.9 Å². The summed E-state index contributed by atoms with van der Waals surface area (Å²) < 4.78 is 0. The van der Waals surface area contributed by atoms with E-state index in [-0.39, 0.29) is 5.41 Å². The average Bonchev–Trinajstić information content (AvgIpc) is 3.08. The van der Waals surface area contributed by atoms with E-state index in [2.05, 4.69) is 123 Å². The van der Waals surface area contributed by atoms with E-state index in [0.29, 0.717) is 0 Å². The second-order valence-corrected chi connectivity index (χ2v) is 10.5. The Balaban J connectivity index is 1.73. The monoisotopic (exact) mass is 444 g/mol. The van der Waals surface area contributed by atoms with E-state index in [0.717, 1.165) is 19.5 Å². The number of hydrogen-bond donors (Lipinski definition) is 0. The minimum Gasteiger partial charge on any atom is -0.305 e. The standard InChI is InChI=1S/C32H32N2/c1-33(2)20-22-13-15-26-27-16-14-23(21-34(3)4)18-31(27)32(30(26)17-22)28-11-7-5-9-24(28)19-25-10-6-8-12-29(25)32/h5-18H,19-21H2,1-4H3. The van der Waals surface area contributed by atoms with Crippen LogP contribution in [0.2, 0.25) is 0 Å². The van der Waals surface area contributed by atoms with Gasteiger partial charge >= 0.3 is 0 Å². The fourth-order valence-corrected chi connectivity index (χ4v) is 6.36. The summed E-state index contributed by atoms with van der Waals surface area (Å²) in [5.74, 6) is 0. The zero-order valence-electron chi connectivity index (χ0n) is 20.6. The second kappa shape index (κ2) is 7.94. The van der Waals surface area contributed by atoms with Crippen LogP contribution in [0.4, 0.5) is 0 Å². The first-order chi connectivity index (χ1) is 16.5. The molecule has 1 spiro atoms. The van der Waals surface area contributed by atoms with Crippen LogP contribution in [0.25, 0.3) is 11.1 Å². The van der Waals surface area contributed by atoms with Crippen molar-refractivity contribution in [2.75, 3.05) is 28.2 Å². The van der Waals surface area contributed by atoms with Crippen LogP contribution in [0.5, 0.6) is 0 Å². The molecule has 0 aromatic heterocycles. The van der Waals surface area contributed by atoms with Gasteiger partial charge in [-0.25, -0.2) is 0 Å². The van der Waals surface area contributed by atoms with E-state index < -0.39 is 0 Å². The molecule has 2 nitrogen and oxygen atoms in total. The van der Waals surface area contributed by atoms with Gasteiger partial charge in [0.25, 0.3) is 0 Å². The molecule has 170 valence electrons. The number of hydrogen-bond acceptors (Lipinski definition) is 2. The zero-order valence-corrected chi connectivity index (χ0v) is 20.6. The first kappa shape index (κ1) is 21.3. The molecule has 0 fully saturated rings. The lowest BCUT2D eigenvalue weighted by molar-refractivity contribution is 0.402. The second-order valence-electron chi connectivity index (χ2n) is 10.5. The third-order valence-electron chi connectivity index (χ3n) is 7.49. The van der Waals surface area contributed by atoms with Gasteiger partial charge in [0.2, 0.25) is 0 Å². The zero-order chi connectivity index (χ0) is 23.4. The van der Waals surface area contributed by atoms with Crippen LogP contribution in [-0.4, -0.2) is 38.0 Å². The molecule has 0 radical (unpaired) electrons. The highest BCUT2D eigenvalue weighted by Gasteiger charge is 2.49. The van der Waals surface area contributed by atoms with Crippen molar-refractivity contribution in [3.05, 3.63) is 129 Å². The van der Waals surface area contributed by atoms with Crippen molar-refractivity contribution in [3.63, 3.8) is 0 Å². The van der Waals surface area contributed by atoms with E-state index in [4.69, 9.17) is 0 Å². The molecule has 34 heavy (non-hydrogen) atoms. The van der Waals surface area contributed by atoms with Crippen LogP contribution in [0.3, 0.4) is 0 Å². The maximum atomic E-state index is 2.49. The Morgan fingerprint density at radius 2 is 1.00 bits per heavy atom. The SMILES string of the molecule is CN(C)Cc1ccc2c(c1)C1(c3ccccc3Cc3ccccc31)c1cc(CN(C)C)ccc1-2. The topological polar surface area (TPSA) is 6.48 Å². The Morgan fingerprint density at radius 3 is 1.44 bits per heavy atom. The van der Waals surface area contributed by atoms with Gasteiger partial charge in [0.1, 0.15) is 0 Å². The van der Waals surface area contributed by atoms with Gasteiger partial charge in [0.15, 0.2) is 0 Å². The van der Waals surface area contributed by atoms with E-state index in [1.165, 1.54) is 55.6 Å². The van der Waals surface area contributed by atoms with Crippen LogP contribution < -0.4 is 0 Å². The molecule has 0 unspecified atom stereocenters. The van der Waals surface area contributed by atoms with E-state index in [9.17, 15) is 0 Å². The predicted octanol–water partition coefficient (Wildman–Crippen LogP) is 6.08. The largest absolute Gasteiger partial charge is 0.305 e. The number of nitrogens with zero attached hydrogens (tertiary/aromatic N) is 2. The quantitative estimate of drug-likeness (QED) is 0.325. The fourth-order valence-electron chi connectivity index (χ4n) is 6.36. The Morgan fingerprint density at radius 1 is 0.559 bits per heavy atom. The minimum absolute atomic E-state index is 0.277. The van der Waals surface area contributed by atoms with Crippen molar-refractivity contribution in [2.45, 2.75) is 24.9 Å². The fraction of sp³-hybridized carbons (Fsp3) is 0.250. The van der Waals surface area contributed by atoms with Gasteiger partial charge in [0, 0.05) is 13.1 Å². The smallest absolute Gasteiger partial charge is 0.0719 e. The molecule has 2 aliphatic rings. The molecular formula is C32H32N2. The van der Waals surface area contributed by atoms with Crippen molar-refractivity contribution in [3.8, 4) is 11.1 Å². The minimum atomic E-state index is -0.277. The van der Waals surface area contributed by atoms with E-state index >= 15 is 0 Å². The van der Waals surface area contributed by atoms with Gasteiger partial charge in [-0.1, -0.05) is 84.9 Å². The van der Waals surface area contributed by atoms with Crippen molar-refractivity contribution in [2.24, 2.45) is 0 Å². The molecule has 6 rings (SSSR count). The van der Waals surface area contributed by atoms with Gasteiger partial charge in [-0.3, -0.25) is 0 Å². The molecule has 4 aromatic rings. The molecule has 0 saturated heterocycles. The summed E-state index contributed by atoms with van der Waals surface area (Å²) in [6.07, 6.45) is 0.994. The summed E-state index contributed by atoms with van der Waals surface area (Å²) in [6, 6.07) is 32.6. The Hall–Kier alpha value is -3.20. The summed E-state index contributed by atoms with van der Waals surface area (Å²) in [7, 11) is 8.60. The summed E-state index contributed by atoms with van der Waals surface area (Å²) in [4.78, 5) is 4.52. The van der Waals surface area contributed by atoms with Gasteiger partial charge in [-0.2, -0.15) is 0 Å².